The third-order valence-electron chi connectivity index (χ3n) is 6.21. The number of alkyl halides is 3. The van der Waals surface area contributed by atoms with Crippen LogP contribution in [0.4, 0.5) is 18.9 Å². The second-order valence-corrected chi connectivity index (χ2v) is 8.31. The van der Waals surface area contributed by atoms with Crippen molar-refractivity contribution < 1.29 is 22.6 Å². The van der Waals surface area contributed by atoms with Gasteiger partial charge in [-0.15, -0.1) is 5.10 Å². The van der Waals surface area contributed by atoms with Crippen molar-refractivity contribution in [3.63, 3.8) is 0 Å². The molecule has 1 saturated heterocycles. The summed E-state index contributed by atoms with van der Waals surface area (Å²) in [7, 11) is 0. The molecule has 0 saturated carbocycles. The number of ether oxygens (including phenoxy) is 2. The van der Waals surface area contributed by atoms with Gasteiger partial charge < -0.3 is 20.1 Å². The minimum absolute atomic E-state index is 0.0664. The molecule has 0 aliphatic carbocycles. The molecule has 10 heteroatoms. The number of hydrogen-bond donors (Lipinski definition) is 2. The monoisotopic (exact) mass is 447 g/mol. The molecule has 2 aromatic rings. The number of aromatic amines is 1. The van der Waals surface area contributed by atoms with E-state index in [4.69, 9.17) is 15.2 Å². The Morgan fingerprint density at radius 3 is 2.53 bits per heavy atom. The number of nitrogens with one attached hydrogen (secondary N) is 1. The Morgan fingerprint density at radius 2 is 1.94 bits per heavy atom. The lowest BCUT2D eigenvalue weighted by atomic mass is 9.61. The molecule has 170 valence electrons. The molecule has 0 radical (unpaired) electrons. The minimum Gasteiger partial charge on any atom is -0.420 e. The topological polar surface area (TPSA) is 100 Å². The van der Waals surface area contributed by atoms with Crippen LogP contribution < -0.4 is 15.4 Å². The molecule has 0 bridgehead atoms. The van der Waals surface area contributed by atoms with Gasteiger partial charge in [0, 0.05) is 24.5 Å². The highest BCUT2D eigenvalue weighted by atomic mass is 19.4. The number of rotatable bonds is 3. The molecule has 4 rings (SSSR count). The number of morpholine rings is 1. The zero-order chi connectivity index (χ0) is 23.3. The van der Waals surface area contributed by atoms with E-state index < -0.39 is 17.2 Å². The molecule has 1 fully saturated rings. The second-order valence-electron chi connectivity index (χ2n) is 8.31. The first-order valence-corrected chi connectivity index (χ1v) is 10.3. The Labute approximate surface area is 183 Å². The Kier molecular flexibility index (Phi) is 5.33. The zero-order valence-corrected chi connectivity index (χ0v) is 18.0. The lowest BCUT2D eigenvalue weighted by Gasteiger charge is -2.41. The highest BCUT2D eigenvalue weighted by Crippen LogP contribution is 2.53. The van der Waals surface area contributed by atoms with Crippen LogP contribution >= 0.6 is 0 Å². The van der Waals surface area contributed by atoms with Gasteiger partial charge in [-0.3, -0.25) is 5.10 Å². The van der Waals surface area contributed by atoms with Crippen molar-refractivity contribution in [2.45, 2.75) is 32.4 Å². The van der Waals surface area contributed by atoms with Gasteiger partial charge in [0.05, 0.1) is 29.8 Å². The number of fused-ring (bicyclic) bond motifs is 1. The van der Waals surface area contributed by atoms with Crippen molar-refractivity contribution in [2.75, 3.05) is 31.2 Å². The molecule has 1 unspecified atom stereocenters. The van der Waals surface area contributed by atoms with Crippen LogP contribution in [0.2, 0.25) is 0 Å². The van der Waals surface area contributed by atoms with Crippen LogP contribution in [0.15, 0.2) is 29.7 Å². The Hall–Kier alpha value is -3.19. The van der Waals surface area contributed by atoms with E-state index in [-0.39, 0.29) is 23.3 Å². The van der Waals surface area contributed by atoms with Crippen LogP contribution in [-0.4, -0.2) is 36.5 Å². The summed E-state index contributed by atoms with van der Waals surface area (Å²) >= 11 is 0. The van der Waals surface area contributed by atoms with E-state index in [9.17, 15) is 18.4 Å². The first kappa shape index (κ1) is 22.0. The lowest BCUT2D eigenvalue weighted by molar-refractivity contribution is -0.137. The SMILES string of the molecule is Cc1[nH]nc2c1C(c1cc(N3CCOCC3)cc(C(F)(F)F)c1)(C(C)C)C(C#N)=C(N)O2. The van der Waals surface area contributed by atoms with E-state index in [2.05, 4.69) is 16.3 Å². The number of nitrogens with two attached hydrogens (primary N) is 1. The lowest BCUT2D eigenvalue weighted by Crippen LogP contribution is -2.42. The standard InChI is InChI=1S/C22H24F3N5O2/c1-12(2)21(17(11-26)19(27)32-20-18(21)13(3)28-29-20)14-8-15(22(23,24)25)10-16(9-14)30-4-6-31-7-5-30/h8-10,12H,4-7,27H2,1-3H3,(H,28,29). The molecule has 1 aromatic carbocycles. The summed E-state index contributed by atoms with van der Waals surface area (Å²) < 4.78 is 52.9. The minimum atomic E-state index is -4.57. The van der Waals surface area contributed by atoms with Crippen molar-refractivity contribution in [3.8, 4) is 11.9 Å². The summed E-state index contributed by atoms with van der Waals surface area (Å²) in [5.74, 6) is -0.334. The van der Waals surface area contributed by atoms with Gasteiger partial charge in [-0.2, -0.15) is 18.4 Å². The molecule has 0 spiro atoms. The van der Waals surface area contributed by atoms with Gasteiger partial charge in [-0.25, -0.2) is 0 Å². The fourth-order valence-electron chi connectivity index (χ4n) is 4.77. The maximum absolute atomic E-state index is 14.0. The van der Waals surface area contributed by atoms with Crippen LogP contribution in [0.3, 0.4) is 0 Å². The quantitative estimate of drug-likeness (QED) is 0.746. The van der Waals surface area contributed by atoms with Crippen molar-refractivity contribution in [1.82, 2.24) is 10.2 Å². The van der Waals surface area contributed by atoms with Crippen molar-refractivity contribution in [2.24, 2.45) is 11.7 Å². The van der Waals surface area contributed by atoms with E-state index in [1.54, 1.807) is 13.0 Å². The van der Waals surface area contributed by atoms with E-state index in [0.717, 1.165) is 12.1 Å². The van der Waals surface area contributed by atoms with E-state index in [1.165, 1.54) is 0 Å². The number of hydrogen-bond acceptors (Lipinski definition) is 6. The second kappa shape index (κ2) is 7.74. The van der Waals surface area contributed by atoms with E-state index in [1.807, 2.05) is 18.7 Å². The van der Waals surface area contributed by atoms with Crippen molar-refractivity contribution in [1.29, 1.82) is 5.26 Å². The number of nitriles is 1. The summed E-state index contributed by atoms with van der Waals surface area (Å²) in [4.78, 5) is 1.86. The molecular weight excluding hydrogens is 423 g/mol. The van der Waals surface area contributed by atoms with Gasteiger partial charge in [-0.05, 0) is 36.6 Å². The molecule has 2 aliphatic rings. The summed E-state index contributed by atoms with van der Waals surface area (Å²) in [6, 6.07) is 6.08. The van der Waals surface area contributed by atoms with Crippen LogP contribution in [-0.2, 0) is 16.3 Å². The predicted molar refractivity (Wildman–Crippen MR) is 111 cm³/mol. The number of halogens is 3. The molecule has 1 aromatic heterocycles. The Bertz CT molecular complexity index is 1110. The summed E-state index contributed by atoms with van der Waals surface area (Å²) in [6.07, 6.45) is -4.57. The van der Waals surface area contributed by atoms with Crippen molar-refractivity contribution >= 4 is 5.69 Å². The molecule has 32 heavy (non-hydrogen) atoms. The molecular formula is C22H24F3N5O2. The van der Waals surface area contributed by atoms with Gasteiger partial charge >= 0.3 is 6.18 Å². The normalized spacial score (nSPS) is 21.4. The van der Waals surface area contributed by atoms with Gasteiger partial charge in [0.15, 0.2) is 0 Å². The predicted octanol–water partition coefficient (Wildman–Crippen LogP) is 3.60. The van der Waals surface area contributed by atoms with Crippen LogP contribution in [0.25, 0.3) is 0 Å². The van der Waals surface area contributed by atoms with E-state index >= 15 is 0 Å². The first-order valence-electron chi connectivity index (χ1n) is 10.3. The molecule has 2 aliphatic heterocycles. The zero-order valence-electron chi connectivity index (χ0n) is 18.0. The maximum Gasteiger partial charge on any atom is 0.416 e. The van der Waals surface area contributed by atoms with Gasteiger partial charge in [0.1, 0.15) is 11.6 Å². The van der Waals surface area contributed by atoms with Gasteiger partial charge in [0.25, 0.3) is 0 Å². The first-order chi connectivity index (χ1) is 15.1. The summed E-state index contributed by atoms with van der Waals surface area (Å²) in [5.41, 5.74) is 5.96. The molecule has 3 N–H and O–H groups in total. The van der Waals surface area contributed by atoms with Crippen LogP contribution in [0, 0.1) is 24.2 Å². The third kappa shape index (κ3) is 3.28. The van der Waals surface area contributed by atoms with Crippen molar-refractivity contribution in [3.05, 3.63) is 52.0 Å². The van der Waals surface area contributed by atoms with E-state index in [0.29, 0.717) is 48.8 Å². The number of aromatic nitrogens is 2. The molecule has 3 heterocycles. The largest absolute Gasteiger partial charge is 0.420 e. The number of allylic oxidation sites excluding steroid dienone is 1. The fraction of sp³-hybridized carbons (Fsp3) is 0.455. The molecule has 1 atom stereocenters. The molecule has 0 amide bonds. The number of nitrogens with zero attached hydrogens (tertiary/aromatic N) is 3. The van der Waals surface area contributed by atoms with Gasteiger partial charge in [0.2, 0.25) is 11.8 Å². The number of H-pyrrole nitrogens is 1. The average Bonchev–Trinajstić information content (AvgIpc) is 3.12. The fourth-order valence-corrected chi connectivity index (χ4v) is 4.77. The smallest absolute Gasteiger partial charge is 0.416 e. The van der Waals surface area contributed by atoms with Crippen LogP contribution in [0.1, 0.15) is 36.2 Å². The highest BCUT2D eigenvalue weighted by molar-refractivity contribution is 5.65. The molecule has 7 nitrogen and oxygen atoms in total. The number of aryl methyl sites for hydroxylation is 1. The summed E-state index contributed by atoms with van der Waals surface area (Å²) in [5, 5.41) is 17.0. The highest BCUT2D eigenvalue weighted by Gasteiger charge is 2.51. The van der Waals surface area contributed by atoms with Crippen LogP contribution in [0.5, 0.6) is 5.88 Å². The summed E-state index contributed by atoms with van der Waals surface area (Å²) in [6.45, 7) is 7.24. The average molecular weight is 447 g/mol. The Morgan fingerprint density at radius 1 is 1.25 bits per heavy atom. The Balaban J connectivity index is 2.07. The van der Waals surface area contributed by atoms with Gasteiger partial charge in [-0.1, -0.05) is 13.8 Å². The number of benzene rings is 1. The maximum atomic E-state index is 14.0. The number of anilines is 1. The third-order valence-corrected chi connectivity index (χ3v) is 6.21.